The average molecular weight is 227 g/mol. The fourth-order valence-electron chi connectivity index (χ4n) is 1.99. The first-order chi connectivity index (χ1) is 7.56. The van der Waals surface area contributed by atoms with E-state index >= 15 is 0 Å². The van der Waals surface area contributed by atoms with Crippen molar-refractivity contribution in [3.8, 4) is 5.88 Å². The van der Waals surface area contributed by atoms with Gasteiger partial charge in [0.1, 0.15) is 0 Å². The highest BCUT2D eigenvalue weighted by atomic mass is 16.5. The molecule has 0 saturated heterocycles. The third-order valence-corrected chi connectivity index (χ3v) is 2.98. The Bertz CT molecular complexity index is 345. The molecule has 1 aromatic rings. The van der Waals surface area contributed by atoms with E-state index < -0.39 is 6.10 Å². The fraction of sp³-hybridized carbons (Fsp3) is 0.727. The molecule has 1 heterocycles. The molecule has 0 saturated carbocycles. The number of methoxy groups -OCH3 is 1. The Morgan fingerprint density at radius 2 is 2.19 bits per heavy atom. The standard InChI is InChI=1S/C11H21N3O2/c1-5-8(6-12)10(15)9-7(2)13-14(3)11(9)16-4/h8,10,15H,5-6,12H2,1-4H3. The highest BCUT2D eigenvalue weighted by Crippen LogP contribution is 2.33. The molecule has 1 rings (SSSR count). The molecule has 5 heteroatoms. The summed E-state index contributed by atoms with van der Waals surface area (Å²) in [6.07, 6.45) is 0.216. The maximum Gasteiger partial charge on any atom is 0.217 e. The molecule has 92 valence electrons. The third-order valence-electron chi connectivity index (χ3n) is 2.98. The van der Waals surface area contributed by atoms with Crippen LogP contribution in [-0.2, 0) is 7.05 Å². The van der Waals surface area contributed by atoms with Gasteiger partial charge in [0.05, 0.1) is 24.5 Å². The van der Waals surface area contributed by atoms with E-state index in [-0.39, 0.29) is 5.92 Å². The monoisotopic (exact) mass is 227 g/mol. The van der Waals surface area contributed by atoms with Gasteiger partial charge in [0.2, 0.25) is 5.88 Å². The van der Waals surface area contributed by atoms with E-state index in [0.717, 1.165) is 17.7 Å². The summed E-state index contributed by atoms with van der Waals surface area (Å²) in [4.78, 5) is 0. The quantitative estimate of drug-likeness (QED) is 0.778. The highest BCUT2D eigenvalue weighted by Gasteiger charge is 2.26. The number of nitrogens with two attached hydrogens (primary N) is 1. The van der Waals surface area contributed by atoms with E-state index in [0.29, 0.717) is 12.4 Å². The average Bonchev–Trinajstić information content (AvgIpc) is 2.54. The molecule has 0 aliphatic rings. The summed E-state index contributed by atoms with van der Waals surface area (Å²) < 4.78 is 6.89. The van der Waals surface area contributed by atoms with Gasteiger partial charge in [0.15, 0.2) is 0 Å². The van der Waals surface area contributed by atoms with Crippen LogP contribution in [0.2, 0.25) is 0 Å². The molecule has 0 bridgehead atoms. The first-order valence-corrected chi connectivity index (χ1v) is 5.52. The normalized spacial score (nSPS) is 14.9. The molecule has 0 spiro atoms. The largest absolute Gasteiger partial charge is 0.481 e. The van der Waals surface area contributed by atoms with Gasteiger partial charge in [-0.1, -0.05) is 6.92 Å². The number of rotatable bonds is 5. The van der Waals surface area contributed by atoms with Crippen LogP contribution in [0.5, 0.6) is 5.88 Å². The minimum atomic E-state index is -0.612. The van der Waals surface area contributed by atoms with Crippen LogP contribution >= 0.6 is 0 Å². The van der Waals surface area contributed by atoms with Gasteiger partial charge in [-0.15, -0.1) is 0 Å². The summed E-state index contributed by atoms with van der Waals surface area (Å²) in [6, 6.07) is 0. The van der Waals surface area contributed by atoms with E-state index in [2.05, 4.69) is 5.10 Å². The fourth-order valence-corrected chi connectivity index (χ4v) is 1.99. The zero-order valence-corrected chi connectivity index (χ0v) is 10.4. The molecule has 16 heavy (non-hydrogen) atoms. The zero-order chi connectivity index (χ0) is 12.3. The lowest BCUT2D eigenvalue weighted by Gasteiger charge is -2.20. The van der Waals surface area contributed by atoms with Crippen LogP contribution in [0.25, 0.3) is 0 Å². The van der Waals surface area contributed by atoms with E-state index in [1.807, 2.05) is 13.8 Å². The number of aliphatic hydroxyl groups is 1. The second-order valence-electron chi connectivity index (χ2n) is 3.98. The van der Waals surface area contributed by atoms with Crippen molar-refractivity contribution in [3.05, 3.63) is 11.3 Å². The van der Waals surface area contributed by atoms with Crippen LogP contribution in [0, 0.1) is 12.8 Å². The smallest absolute Gasteiger partial charge is 0.217 e. The summed E-state index contributed by atoms with van der Waals surface area (Å²) in [7, 11) is 3.38. The Labute approximate surface area is 96.2 Å². The van der Waals surface area contributed by atoms with Crippen LogP contribution in [0.1, 0.15) is 30.7 Å². The van der Waals surface area contributed by atoms with E-state index in [1.54, 1.807) is 18.8 Å². The Morgan fingerprint density at radius 3 is 2.62 bits per heavy atom. The molecule has 0 fully saturated rings. The van der Waals surface area contributed by atoms with E-state index in [9.17, 15) is 5.11 Å². The van der Waals surface area contributed by atoms with Gasteiger partial charge in [-0.05, 0) is 19.9 Å². The van der Waals surface area contributed by atoms with Gasteiger partial charge < -0.3 is 15.6 Å². The zero-order valence-electron chi connectivity index (χ0n) is 10.4. The van der Waals surface area contributed by atoms with Crippen molar-refractivity contribution < 1.29 is 9.84 Å². The maximum absolute atomic E-state index is 10.3. The minimum Gasteiger partial charge on any atom is -0.481 e. The topological polar surface area (TPSA) is 73.3 Å². The van der Waals surface area contributed by atoms with Crippen LogP contribution in [0.15, 0.2) is 0 Å². The lowest BCUT2D eigenvalue weighted by Crippen LogP contribution is -2.22. The van der Waals surface area contributed by atoms with Crippen molar-refractivity contribution in [3.63, 3.8) is 0 Å². The van der Waals surface area contributed by atoms with Gasteiger partial charge in [-0.3, -0.25) is 0 Å². The van der Waals surface area contributed by atoms with Crippen LogP contribution in [0.3, 0.4) is 0 Å². The predicted molar refractivity (Wildman–Crippen MR) is 62.3 cm³/mol. The Kier molecular flexibility index (Phi) is 4.32. The van der Waals surface area contributed by atoms with E-state index in [4.69, 9.17) is 10.5 Å². The molecule has 3 N–H and O–H groups in total. The molecule has 0 aromatic carbocycles. The summed E-state index contributed by atoms with van der Waals surface area (Å²) in [5.74, 6) is 0.647. The highest BCUT2D eigenvalue weighted by molar-refractivity contribution is 5.33. The molecule has 2 unspecified atom stereocenters. The van der Waals surface area contributed by atoms with E-state index in [1.165, 1.54) is 0 Å². The van der Waals surface area contributed by atoms with Crippen molar-refractivity contribution in [2.24, 2.45) is 18.7 Å². The number of aryl methyl sites for hydroxylation is 2. The third kappa shape index (κ3) is 2.20. The Hall–Kier alpha value is -1.07. The van der Waals surface area contributed by atoms with Crippen molar-refractivity contribution in [2.75, 3.05) is 13.7 Å². The van der Waals surface area contributed by atoms with Crippen LogP contribution < -0.4 is 10.5 Å². The number of nitrogens with zero attached hydrogens (tertiary/aromatic N) is 2. The Balaban J connectivity index is 3.11. The SMILES string of the molecule is CCC(CN)C(O)c1c(C)nn(C)c1OC. The van der Waals surface area contributed by atoms with Gasteiger partial charge in [0.25, 0.3) is 0 Å². The second-order valence-corrected chi connectivity index (χ2v) is 3.98. The maximum atomic E-state index is 10.3. The molecule has 0 aliphatic carbocycles. The second kappa shape index (κ2) is 5.32. The molecule has 0 aliphatic heterocycles. The van der Waals surface area contributed by atoms with Crippen molar-refractivity contribution in [1.82, 2.24) is 9.78 Å². The first-order valence-electron chi connectivity index (χ1n) is 5.52. The number of hydrogen-bond donors (Lipinski definition) is 2. The molecule has 1 aromatic heterocycles. The van der Waals surface area contributed by atoms with Crippen LogP contribution in [-0.4, -0.2) is 28.5 Å². The number of aromatic nitrogens is 2. The number of ether oxygens (including phenoxy) is 1. The van der Waals surface area contributed by atoms with Crippen molar-refractivity contribution in [1.29, 1.82) is 0 Å². The van der Waals surface area contributed by atoms with Crippen molar-refractivity contribution in [2.45, 2.75) is 26.4 Å². The summed E-state index contributed by atoms with van der Waals surface area (Å²) in [5, 5.41) is 14.5. The molecular weight excluding hydrogens is 206 g/mol. The summed E-state index contributed by atoms with van der Waals surface area (Å²) in [5.41, 5.74) is 7.18. The minimum absolute atomic E-state index is 0.0387. The molecule has 0 amide bonds. The van der Waals surface area contributed by atoms with Gasteiger partial charge in [-0.25, -0.2) is 4.68 Å². The Morgan fingerprint density at radius 1 is 1.56 bits per heavy atom. The summed E-state index contributed by atoms with van der Waals surface area (Å²) in [6.45, 7) is 4.33. The predicted octanol–water partition coefficient (Wildman–Crippen LogP) is 0.755. The molecule has 0 radical (unpaired) electrons. The lowest BCUT2D eigenvalue weighted by atomic mass is 9.93. The number of hydrogen-bond acceptors (Lipinski definition) is 4. The van der Waals surface area contributed by atoms with Crippen molar-refractivity contribution >= 4 is 0 Å². The van der Waals surface area contributed by atoms with Crippen LogP contribution in [0.4, 0.5) is 0 Å². The first kappa shape index (κ1) is 13.0. The van der Waals surface area contributed by atoms with Gasteiger partial charge in [-0.2, -0.15) is 5.10 Å². The molecule has 5 nitrogen and oxygen atoms in total. The van der Waals surface area contributed by atoms with Gasteiger partial charge in [0, 0.05) is 13.0 Å². The molecular formula is C11H21N3O2. The molecule has 2 atom stereocenters. The summed E-state index contributed by atoms with van der Waals surface area (Å²) >= 11 is 0. The van der Waals surface area contributed by atoms with Gasteiger partial charge >= 0.3 is 0 Å². The lowest BCUT2D eigenvalue weighted by molar-refractivity contribution is 0.106. The number of aliphatic hydroxyl groups excluding tert-OH is 1.